The number of aromatic nitrogens is 3. The second kappa shape index (κ2) is 7.58. The topological polar surface area (TPSA) is 118 Å². The Hall–Kier alpha value is -2.85. The van der Waals surface area contributed by atoms with Crippen molar-refractivity contribution < 1.29 is 9.90 Å². The third-order valence-corrected chi connectivity index (χ3v) is 5.27. The minimum atomic E-state index is -0.776. The van der Waals surface area contributed by atoms with Crippen LogP contribution in [-0.4, -0.2) is 37.9 Å². The van der Waals surface area contributed by atoms with Crippen LogP contribution in [0.2, 0.25) is 0 Å². The van der Waals surface area contributed by atoms with Crippen molar-refractivity contribution in [3.63, 3.8) is 0 Å². The van der Waals surface area contributed by atoms with Gasteiger partial charge in [0.15, 0.2) is 0 Å². The number of hydrogen-bond acceptors (Lipinski definition) is 7. The van der Waals surface area contributed by atoms with Crippen molar-refractivity contribution in [2.75, 3.05) is 6.26 Å². The highest BCUT2D eigenvalue weighted by molar-refractivity contribution is 7.98. The van der Waals surface area contributed by atoms with E-state index in [1.165, 1.54) is 23.1 Å². The Bertz CT molecular complexity index is 965. The number of amides is 2. The summed E-state index contributed by atoms with van der Waals surface area (Å²) in [5, 5.41) is 20.0. The molecule has 3 aromatic rings. The molecule has 0 atom stereocenters. The molecule has 0 bridgehead atoms. The molecule has 0 saturated heterocycles. The molecule has 4 N–H and O–H groups in total. The van der Waals surface area contributed by atoms with Gasteiger partial charge >= 0.3 is 6.03 Å². The predicted octanol–water partition coefficient (Wildman–Crippen LogP) is 2.82. The Morgan fingerprint density at radius 1 is 1.38 bits per heavy atom. The van der Waals surface area contributed by atoms with Crippen LogP contribution < -0.4 is 11.2 Å². The van der Waals surface area contributed by atoms with Crippen LogP contribution >= 0.6 is 23.1 Å². The number of rotatable bonds is 5. The molecule has 0 aliphatic rings. The number of nitrogens with one attached hydrogen (secondary N) is 1. The van der Waals surface area contributed by atoms with Gasteiger partial charge in [-0.1, -0.05) is 18.2 Å². The van der Waals surface area contributed by atoms with Gasteiger partial charge in [-0.25, -0.2) is 19.9 Å². The Labute approximate surface area is 157 Å². The summed E-state index contributed by atoms with van der Waals surface area (Å²) in [6.45, 7) is 1.65. The fraction of sp³-hybridized carbons (Fsp3) is 0.125. The lowest BCUT2D eigenvalue weighted by Crippen LogP contribution is -2.25. The summed E-state index contributed by atoms with van der Waals surface area (Å²) in [4.78, 5) is 15.5. The van der Waals surface area contributed by atoms with Crippen molar-refractivity contribution in [1.29, 1.82) is 0 Å². The number of hydrazone groups is 1. The van der Waals surface area contributed by atoms with E-state index in [0.29, 0.717) is 15.6 Å². The first-order valence-electron chi connectivity index (χ1n) is 7.49. The maximum Gasteiger partial charge on any atom is 0.332 e. The molecule has 3 rings (SSSR count). The number of nitrogens with zero attached hydrogens (tertiary/aromatic N) is 4. The lowest BCUT2D eigenvalue weighted by Gasteiger charge is -1.98. The molecule has 0 spiro atoms. The molecule has 0 aliphatic heterocycles. The fourth-order valence-corrected chi connectivity index (χ4v) is 3.74. The van der Waals surface area contributed by atoms with Crippen molar-refractivity contribution in [2.24, 2.45) is 10.8 Å². The van der Waals surface area contributed by atoms with E-state index in [4.69, 9.17) is 5.73 Å². The molecule has 2 amide bonds. The number of thioether (sulfide) groups is 1. The quantitative estimate of drug-likeness (QED) is 0.353. The molecule has 2 heterocycles. The standard InChI is InChI=1S/C16H16N6O2S2/c1-9(19-20-16(17)24)12-13(23)18-14(26-12)11-8-22(21-15(11)25-2)10-6-4-3-5-7-10/h3-8,23H,1-2H3,(H3,17,20,24)/b19-9+. The zero-order valence-corrected chi connectivity index (χ0v) is 15.6. The molecule has 134 valence electrons. The summed E-state index contributed by atoms with van der Waals surface area (Å²) in [5.74, 6) is -0.156. The first-order valence-corrected chi connectivity index (χ1v) is 9.53. The second-order valence-electron chi connectivity index (χ2n) is 5.18. The van der Waals surface area contributed by atoms with Crippen LogP contribution in [0.25, 0.3) is 16.3 Å². The fourth-order valence-electron chi connectivity index (χ4n) is 2.22. The maximum atomic E-state index is 10.8. The molecule has 0 aliphatic carbocycles. The number of primary amides is 1. The van der Waals surface area contributed by atoms with Gasteiger partial charge in [0.2, 0.25) is 5.88 Å². The van der Waals surface area contributed by atoms with Gasteiger partial charge in [-0.05, 0) is 25.3 Å². The van der Waals surface area contributed by atoms with Crippen LogP contribution in [0.3, 0.4) is 0 Å². The molecule has 2 aromatic heterocycles. The van der Waals surface area contributed by atoms with Gasteiger partial charge in [-0.3, -0.25) is 0 Å². The summed E-state index contributed by atoms with van der Waals surface area (Å²) in [7, 11) is 0. The van der Waals surface area contributed by atoms with Gasteiger partial charge in [0, 0.05) is 6.20 Å². The smallest absolute Gasteiger partial charge is 0.332 e. The second-order valence-corrected chi connectivity index (χ2v) is 6.97. The van der Waals surface area contributed by atoms with Gasteiger partial charge in [0.1, 0.15) is 14.9 Å². The van der Waals surface area contributed by atoms with E-state index >= 15 is 0 Å². The van der Waals surface area contributed by atoms with E-state index in [9.17, 15) is 9.90 Å². The zero-order chi connectivity index (χ0) is 18.7. The van der Waals surface area contributed by atoms with E-state index in [1.807, 2.05) is 42.8 Å². The minimum absolute atomic E-state index is 0.156. The molecule has 10 heteroatoms. The molecular formula is C16H16N6O2S2. The lowest BCUT2D eigenvalue weighted by molar-refractivity contribution is 0.249. The SMILES string of the molecule is CSc1nn(-c2ccccc2)cc1-c1nc(O)c(/C(C)=N/NC(N)=O)s1. The number of hydrogen-bond donors (Lipinski definition) is 3. The highest BCUT2D eigenvalue weighted by Crippen LogP contribution is 2.36. The van der Waals surface area contributed by atoms with Crippen LogP contribution in [0.5, 0.6) is 5.88 Å². The molecule has 26 heavy (non-hydrogen) atoms. The van der Waals surface area contributed by atoms with E-state index in [2.05, 4.69) is 20.6 Å². The average Bonchev–Trinajstić information content (AvgIpc) is 3.23. The Kier molecular flexibility index (Phi) is 5.24. The molecule has 0 fully saturated rings. The monoisotopic (exact) mass is 388 g/mol. The Balaban J connectivity index is 2.00. The van der Waals surface area contributed by atoms with Crippen molar-refractivity contribution in [2.45, 2.75) is 11.9 Å². The number of urea groups is 1. The number of benzene rings is 1. The number of thiazole rings is 1. The normalized spacial score (nSPS) is 11.5. The molecule has 0 unspecified atom stereocenters. The summed E-state index contributed by atoms with van der Waals surface area (Å²) >= 11 is 2.75. The molecule has 0 saturated carbocycles. The first-order chi connectivity index (χ1) is 12.5. The summed E-state index contributed by atoms with van der Waals surface area (Å²) < 4.78 is 1.77. The summed E-state index contributed by atoms with van der Waals surface area (Å²) in [6.07, 6.45) is 3.80. The average molecular weight is 388 g/mol. The highest BCUT2D eigenvalue weighted by Gasteiger charge is 2.19. The van der Waals surface area contributed by atoms with Crippen LogP contribution in [-0.2, 0) is 0 Å². The number of carbonyl (C=O) groups excluding carboxylic acids is 1. The van der Waals surface area contributed by atoms with Crippen molar-refractivity contribution in [3.05, 3.63) is 41.4 Å². The maximum absolute atomic E-state index is 10.8. The van der Waals surface area contributed by atoms with E-state index in [1.54, 1.807) is 11.6 Å². The molecule has 0 radical (unpaired) electrons. The number of carbonyl (C=O) groups is 1. The van der Waals surface area contributed by atoms with E-state index in [0.717, 1.165) is 16.3 Å². The minimum Gasteiger partial charge on any atom is -0.492 e. The lowest BCUT2D eigenvalue weighted by atomic mass is 10.3. The van der Waals surface area contributed by atoms with Crippen molar-refractivity contribution in [3.8, 4) is 22.1 Å². The molecule has 8 nitrogen and oxygen atoms in total. The Morgan fingerprint density at radius 3 is 2.77 bits per heavy atom. The molecule has 1 aromatic carbocycles. The van der Waals surface area contributed by atoms with Gasteiger partial charge in [0.25, 0.3) is 0 Å². The van der Waals surface area contributed by atoms with Crippen molar-refractivity contribution >= 4 is 34.8 Å². The largest absolute Gasteiger partial charge is 0.492 e. The number of aromatic hydroxyl groups is 1. The zero-order valence-electron chi connectivity index (χ0n) is 14.0. The van der Waals surface area contributed by atoms with Gasteiger partial charge < -0.3 is 10.8 Å². The van der Waals surface area contributed by atoms with Crippen LogP contribution in [0, 0.1) is 0 Å². The van der Waals surface area contributed by atoms with Gasteiger partial charge in [-0.15, -0.1) is 23.1 Å². The van der Waals surface area contributed by atoms with E-state index < -0.39 is 6.03 Å². The van der Waals surface area contributed by atoms with Crippen LogP contribution in [0.15, 0.2) is 46.7 Å². The summed E-state index contributed by atoms with van der Waals surface area (Å²) in [5.41, 5.74) is 9.29. The third kappa shape index (κ3) is 3.70. The van der Waals surface area contributed by atoms with Gasteiger partial charge in [-0.2, -0.15) is 10.2 Å². The first kappa shape index (κ1) is 18.0. The summed E-state index contributed by atoms with van der Waals surface area (Å²) in [6, 6.07) is 8.96. The Morgan fingerprint density at radius 2 is 2.12 bits per heavy atom. The van der Waals surface area contributed by atoms with E-state index in [-0.39, 0.29) is 5.88 Å². The van der Waals surface area contributed by atoms with Crippen LogP contribution in [0.4, 0.5) is 4.79 Å². The third-order valence-electron chi connectivity index (χ3n) is 3.40. The van der Waals surface area contributed by atoms with Gasteiger partial charge in [0.05, 0.1) is 17.0 Å². The predicted molar refractivity (Wildman–Crippen MR) is 103 cm³/mol. The van der Waals surface area contributed by atoms with Crippen molar-refractivity contribution in [1.82, 2.24) is 20.2 Å². The number of para-hydroxylation sites is 1. The number of nitrogens with two attached hydrogens (primary N) is 1. The van der Waals surface area contributed by atoms with Crippen LogP contribution in [0.1, 0.15) is 11.8 Å². The highest BCUT2D eigenvalue weighted by atomic mass is 32.2. The molecular weight excluding hydrogens is 372 g/mol.